The molecule has 0 radical (unpaired) electrons. The van der Waals surface area contributed by atoms with Crippen molar-refractivity contribution in [2.45, 2.75) is 11.2 Å². The van der Waals surface area contributed by atoms with Gasteiger partial charge in [0.2, 0.25) is 0 Å². The Morgan fingerprint density at radius 1 is 1.03 bits per heavy atom. The van der Waals surface area contributed by atoms with Gasteiger partial charge in [-0.15, -0.1) is 23.5 Å². The second kappa shape index (κ2) is 12.8. The van der Waals surface area contributed by atoms with E-state index in [-0.39, 0.29) is 24.7 Å². The SMILES string of the molecule is O=C(COc1ccc(C2SCCS2)cc1)N/N=C\c1cc(Br)ccc1OCc1ccc(C(=O)O)cc1. The van der Waals surface area contributed by atoms with Crippen LogP contribution in [0.1, 0.15) is 31.6 Å². The van der Waals surface area contributed by atoms with E-state index in [4.69, 9.17) is 14.6 Å². The minimum atomic E-state index is -0.975. The monoisotopic (exact) mass is 586 g/mol. The molecular weight excluding hydrogens is 564 g/mol. The number of carboxylic acid groups (broad SMARTS) is 1. The van der Waals surface area contributed by atoms with Gasteiger partial charge in [0.1, 0.15) is 18.1 Å². The molecule has 0 unspecified atom stereocenters. The number of amides is 1. The van der Waals surface area contributed by atoms with Crippen LogP contribution in [0, 0.1) is 0 Å². The first-order valence-electron chi connectivity index (χ1n) is 11.0. The summed E-state index contributed by atoms with van der Waals surface area (Å²) in [6.07, 6.45) is 1.50. The van der Waals surface area contributed by atoms with Gasteiger partial charge in [0.15, 0.2) is 6.61 Å². The summed E-state index contributed by atoms with van der Waals surface area (Å²) in [5, 5.41) is 13.0. The lowest BCUT2D eigenvalue weighted by Gasteiger charge is -2.10. The maximum Gasteiger partial charge on any atom is 0.335 e. The molecule has 1 aliphatic heterocycles. The first-order valence-corrected chi connectivity index (χ1v) is 13.9. The number of hydrogen-bond donors (Lipinski definition) is 2. The Labute approximate surface area is 225 Å². The highest BCUT2D eigenvalue weighted by atomic mass is 79.9. The predicted molar refractivity (Wildman–Crippen MR) is 147 cm³/mol. The van der Waals surface area contributed by atoms with Crippen LogP contribution in [0.5, 0.6) is 11.5 Å². The highest BCUT2D eigenvalue weighted by Crippen LogP contribution is 2.45. The maximum atomic E-state index is 12.2. The topological polar surface area (TPSA) is 97.2 Å². The average Bonchev–Trinajstić information content (AvgIpc) is 3.43. The van der Waals surface area contributed by atoms with E-state index in [9.17, 15) is 9.59 Å². The van der Waals surface area contributed by atoms with Crippen LogP contribution in [0.25, 0.3) is 0 Å². The van der Waals surface area contributed by atoms with E-state index < -0.39 is 5.97 Å². The molecule has 0 bridgehead atoms. The Morgan fingerprint density at radius 2 is 1.75 bits per heavy atom. The molecular formula is C26H23BrN2O5S2. The number of hydrazone groups is 1. The standard InChI is InChI=1S/C26H23BrN2O5S2/c27-21-7-10-23(34-15-17-1-3-18(4-2-17)25(31)32)20(13-21)14-28-29-24(30)16-33-22-8-5-19(6-9-22)26-35-11-12-36-26/h1-10,13-14,26H,11-12,15-16H2,(H,29,30)(H,31,32)/b28-14-. The summed E-state index contributed by atoms with van der Waals surface area (Å²) >= 11 is 7.31. The van der Waals surface area contributed by atoms with E-state index >= 15 is 0 Å². The van der Waals surface area contributed by atoms with Crippen LogP contribution in [0.3, 0.4) is 0 Å². The van der Waals surface area contributed by atoms with Gasteiger partial charge in [0.05, 0.1) is 16.4 Å². The fourth-order valence-electron chi connectivity index (χ4n) is 3.28. The number of benzene rings is 3. The predicted octanol–water partition coefficient (Wildman–Crippen LogP) is 5.73. The van der Waals surface area contributed by atoms with E-state index in [1.807, 2.05) is 59.9 Å². The molecule has 36 heavy (non-hydrogen) atoms. The molecule has 1 saturated heterocycles. The van der Waals surface area contributed by atoms with E-state index in [1.54, 1.807) is 18.2 Å². The Hall–Kier alpha value is -2.95. The zero-order chi connectivity index (χ0) is 25.3. The molecule has 1 aliphatic rings. The van der Waals surface area contributed by atoms with Crippen LogP contribution in [-0.2, 0) is 11.4 Å². The van der Waals surface area contributed by atoms with E-state index in [2.05, 4.69) is 26.5 Å². The average molecular weight is 588 g/mol. The lowest BCUT2D eigenvalue weighted by molar-refractivity contribution is -0.123. The molecule has 10 heteroatoms. The first kappa shape index (κ1) is 26.1. The van der Waals surface area contributed by atoms with Crippen LogP contribution >= 0.6 is 39.5 Å². The molecule has 0 spiro atoms. The van der Waals surface area contributed by atoms with Crippen LogP contribution in [0.2, 0.25) is 0 Å². The number of rotatable bonds is 10. The number of nitrogens with zero attached hydrogens (tertiary/aromatic N) is 1. The molecule has 3 aromatic rings. The smallest absolute Gasteiger partial charge is 0.335 e. The summed E-state index contributed by atoms with van der Waals surface area (Å²) in [5.41, 5.74) is 5.42. The fraction of sp³-hybridized carbons (Fsp3) is 0.192. The van der Waals surface area contributed by atoms with Gasteiger partial charge in [0.25, 0.3) is 5.91 Å². The fourth-order valence-corrected chi connectivity index (χ4v) is 6.52. The van der Waals surface area contributed by atoms with Gasteiger partial charge in [-0.25, -0.2) is 10.2 Å². The van der Waals surface area contributed by atoms with Crippen LogP contribution in [0.15, 0.2) is 76.3 Å². The van der Waals surface area contributed by atoms with Gasteiger partial charge in [-0.05, 0) is 53.6 Å². The molecule has 0 atom stereocenters. The molecule has 1 fully saturated rings. The number of ether oxygens (including phenoxy) is 2. The zero-order valence-electron chi connectivity index (χ0n) is 19.1. The van der Waals surface area contributed by atoms with Crippen LogP contribution < -0.4 is 14.9 Å². The molecule has 1 amide bonds. The van der Waals surface area contributed by atoms with Crippen molar-refractivity contribution in [2.75, 3.05) is 18.1 Å². The Kier molecular flexibility index (Phi) is 9.32. The third-order valence-electron chi connectivity index (χ3n) is 5.10. The number of carbonyl (C=O) groups is 2. The second-order valence-electron chi connectivity index (χ2n) is 7.70. The molecule has 3 aromatic carbocycles. The molecule has 0 saturated carbocycles. The third-order valence-corrected chi connectivity index (χ3v) is 8.70. The van der Waals surface area contributed by atoms with Crippen LogP contribution in [-0.4, -0.2) is 41.3 Å². The summed E-state index contributed by atoms with van der Waals surface area (Å²) in [6.45, 7) is 0.0945. The molecule has 0 aliphatic carbocycles. The number of carbonyl (C=O) groups excluding carboxylic acids is 1. The van der Waals surface area contributed by atoms with E-state index in [1.165, 1.54) is 35.4 Å². The highest BCUT2D eigenvalue weighted by molar-refractivity contribution is 9.10. The summed E-state index contributed by atoms with van der Waals surface area (Å²) in [4.78, 5) is 23.2. The summed E-state index contributed by atoms with van der Waals surface area (Å²) in [5.74, 6) is 2.18. The molecule has 7 nitrogen and oxygen atoms in total. The summed E-state index contributed by atoms with van der Waals surface area (Å²) < 4.78 is 12.8. The van der Waals surface area contributed by atoms with Gasteiger partial charge >= 0.3 is 5.97 Å². The maximum absolute atomic E-state index is 12.2. The Balaban J connectivity index is 1.28. The highest BCUT2D eigenvalue weighted by Gasteiger charge is 2.18. The number of hydrogen-bond acceptors (Lipinski definition) is 7. The number of nitrogens with one attached hydrogen (secondary N) is 1. The Bertz CT molecular complexity index is 1230. The van der Waals surface area contributed by atoms with Gasteiger partial charge < -0.3 is 14.6 Å². The third kappa shape index (κ3) is 7.52. The van der Waals surface area contributed by atoms with Crippen molar-refractivity contribution in [3.05, 3.63) is 93.5 Å². The Morgan fingerprint density at radius 3 is 2.44 bits per heavy atom. The largest absolute Gasteiger partial charge is 0.488 e. The first-order chi connectivity index (χ1) is 17.5. The number of halogens is 1. The lowest BCUT2D eigenvalue weighted by atomic mass is 10.1. The van der Waals surface area contributed by atoms with Crippen molar-refractivity contribution in [3.63, 3.8) is 0 Å². The molecule has 1 heterocycles. The van der Waals surface area contributed by atoms with Crippen molar-refractivity contribution < 1.29 is 24.2 Å². The summed E-state index contributed by atoms with van der Waals surface area (Å²) in [7, 11) is 0. The molecule has 4 rings (SSSR count). The molecule has 186 valence electrons. The van der Waals surface area contributed by atoms with Crippen molar-refractivity contribution in [3.8, 4) is 11.5 Å². The number of carboxylic acids is 1. The quantitative estimate of drug-likeness (QED) is 0.231. The minimum absolute atomic E-state index is 0.155. The van der Waals surface area contributed by atoms with Crippen molar-refractivity contribution in [1.82, 2.24) is 5.43 Å². The number of aromatic carboxylic acids is 1. The van der Waals surface area contributed by atoms with Crippen molar-refractivity contribution >= 4 is 57.5 Å². The molecule has 2 N–H and O–H groups in total. The normalized spacial score (nSPS) is 13.6. The van der Waals surface area contributed by atoms with Crippen LogP contribution in [0.4, 0.5) is 0 Å². The second-order valence-corrected chi connectivity index (χ2v) is 11.3. The minimum Gasteiger partial charge on any atom is -0.488 e. The summed E-state index contributed by atoms with van der Waals surface area (Å²) in [6, 6.07) is 19.8. The van der Waals surface area contributed by atoms with Crippen molar-refractivity contribution in [2.24, 2.45) is 5.10 Å². The van der Waals surface area contributed by atoms with E-state index in [0.717, 1.165) is 10.0 Å². The number of thioether (sulfide) groups is 2. The lowest BCUT2D eigenvalue weighted by Crippen LogP contribution is -2.24. The zero-order valence-corrected chi connectivity index (χ0v) is 22.3. The van der Waals surface area contributed by atoms with Crippen molar-refractivity contribution in [1.29, 1.82) is 0 Å². The van der Waals surface area contributed by atoms with Gasteiger partial charge in [0, 0.05) is 21.5 Å². The molecule has 0 aromatic heterocycles. The van der Waals surface area contributed by atoms with Gasteiger partial charge in [-0.2, -0.15) is 5.10 Å². The van der Waals surface area contributed by atoms with Gasteiger partial charge in [-0.1, -0.05) is 40.2 Å². The van der Waals surface area contributed by atoms with E-state index in [0.29, 0.717) is 21.6 Å². The van der Waals surface area contributed by atoms with Gasteiger partial charge in [-0.3, -0.25) is 4.79 Å².